The molecule has 1 unspecified atom stereocenters. The van der Waals surface area contributed by atoms with Crippen LogP contribution < -0.4 is 10.6 Å². The van der Waals surface area contributed by atoms with Crippen LogP contribution in [-0.4, -0.2) is 86.7 Å². The molecule has 2 fully saturated rings. The predicted octanol–water partition coefficient (Wildman–Crippen LogP) is -0.312. The molecule has 2 aliphatic rings. The summed E-state index contributed by atoms with van der Waals surface area (Å²) < 4.78 is 19.1. The molecular formula is C18H25FN4O3. The number of benzene rings is 1. The Morgan fingerprint density at radius 1 is 1.23 bits per heavy atom. The first kappa shape index (κ1) is 18.8. The lowest BCUT2D eigenvalue weighted by Gasteiger charge is -2.37. The molecule has 1 aromatic rings. The van der Waals surface area contributed by atoms with E-state index >= 15 is 0 Å². The van der Waals surface area contributed by atoms with Gasteiger partial charge in [-0.1, -0.05) is 12.1 Å². The summed E-state index contributed by atoms with van der Waals surface area (Å²) >= 11 is 0. The number of ether oxygens (including phenoxy) is 1. The van der Waals surface area contributed by atoms with E-state index in [1.165, 1.54) is 12.1 Å². The molecule has 2 N–H and O–H groups in total. The third kappa shape index (κ3) is 4.78. The van der Waals surface area contributed by atoms with Crippen molar-refractivity contribution in [2.45, 2.75) is 6.10 Å². The lowest BCUT2D eigenvalue weighted by atomic mass is 10.2. The van der Waals surface area contributed by atoms with Gasteiger partial charge in [0, 0.05) is 52.4 Å². The normalized spacial score (nSPS) is 21.4. The van der Waals surface area contributed by atoms with Crippen molar-refractivity contribution >= 4 is 11.8 Å². The summed E-state index contributed by atoms with van der Waals surface area (Å²) in [4.78, 5) is 28.4. The second-order valence-corrected chi connectivity index (χ2v) is 6.47. The molecule has 0 spiro atoms. The molecule has 0 saturated carbocycles. The van der Waals surface area contributed by atoms with E-state index in [1.54, 1.807) is 12.1 Å². The summed E-state index contributed by atoms with van der Waals surface area (Å²) in [5.74, 6) is -0.875. The van der Waals surface area contributed by atoms with Crippen molar-refractivity contribution < 1.29 is 18.7 Å². The molecule has 1 atom stereocenters. The Hall–Kier alpha value is -2.03. The quantitative estimate of drug-likeness (QED) is 0.750. The zero-order valence-electron chi connectivity index (χ0n) is 14.7. The summed E-state index contributed by atoms with van der Waals surface area (Å²) in [5.41, 5.74) is 0.0593. The highest BCUT2D eigenvalue weighted by molar-refractivity contribution is 5.94. The predicted molar refractivity (Wildman–Crippen MR) is 94.4 cm³/mol. The number of halogens is 1. The summed E-state index contributed by atoms with van der Waals surface area (Å²) in [5, 5.41) is 5.91. The molecule has 2 heterocycles. The fourth-order valence-electron chi connectivity index (χ4n) is 3.19. The third-order valence-corrected chi connectivity index (χ3v) is 4.72. The summed E-state index contributed by atoms with van der Waals surface area (Å²) in [6, 6.07) is 5.94. The van der Waals surface area contributed by atoms with Gasteiger partial charge in [0.05, 0.1) is 12.2 Å². The maximum Gasteiger partial charge on any atom is 0.254 e. The molecule has 3 rings (SSSR count). The average molecular weight is 364 g/mol. The van der Waals surface area contributed by atoms with Crippen molar-refractivity contribution in [1.82, 2.24) is 20.4 Å². The van der Waals surface area contributed by atoms with E-state index in [1.807, 2.05) is 4.90 Å². The van der Waals surface area contributed by atoms with Crippen molar-refractivity contribution in [2.24, 2.45) is 0 Å². The molecule has 2 amide bonds. The minimum absolute atomic E-state index is 0.0460. The van der Waals surface area contributed by atoms with Crippen molar-refractivity contribution in [2.75, 3.05) is 59.0 Å². The minimum Gasteiger partial charge on any atom is -0.366 e. The summed E-state index contributed by atoms with van der Waals surface area (Å²) in [6.07, 6.45) is -0.379. The molecular weight excluding hydrogens is 339 g/mol. The lowest BCUT2D eigenvalue weighted by molar-refractivity contribution is -0.146. The van der Waals surface area contributed by atoms with Crippen molar-refractivity contribution in [3.63, 3.8) is 0 Å². The molecule has 8 heteroatoms. The van der Waals surface area contributed by atoms with Crippen LogP contribution in [0.15, 0.2) is 24.3 Å². The van der Waals surface area contributed by atoms with E-state index in [2.05, 4.69) is 15.5 Å². The van der Waals surface area contributed by atoms with E-state index in [4.69, 9.17) is 4.74 Å². The molecule has 1 aromatic carbocycles. The Morgan fingerprint density at radius 3 is 2.69 bits per heavy atom. The van der Waals surface area contributed by atoms with E-state index in [9.17, 15) is 14.0 Å². The molecule has 0 radical (unpaired) electrons. The van der Waals surface area contributed by atoms with Crippen molar-refractivity contribution in [3.8, 4) is 0 Å². The maximum atomic E-state index is 13.6. The van der Waals surface area contributed by atoms with Crippen molar-refractivity contribution in [1.29, 1.82) is 0 Å². The summed E-state index contributed by atoms with van der Waals surface area (Å²) in [7, 11) is 0. The second kappa shape index (κ2) is 9.07. The van der Waals surface area contributed by atoms with Gasteiger partial charge in [0.1, 0.15) is 11.9 Å². The van der Waals surface area contributed by atoms with E-state index in [0.29, 0.717) is 39.3 Å². The number of hydrogen-bond donors (Lipinski definition) is 2. The largest absolute Gasteiger partial charge is 0.366 e. The Bertz CT molecular complexity index is 629. The molecule has 0 aromatic heterocycles. The van der Waals surface area contributed by atoms with Crippen LogP contribution in [0.25, 0.3) is 0 Å². The smallest absolute Gasteiger partial charge is 0.254 e. The van der Waals surface area contributed by atoms with Gasteiger partial charge in [0.15, 0.2) is 0 Å². The number of nitrogens with one attached hydrogen (secondary N) is 2. The van der Waals surface area contributed by atoms with Crippen LogP contribution in [0.2, 0.25) is 0 Å². The number of nitrogens with zero attached hydrogens (tertiary/aromatic N) is 2. The Kier molecular flexibility index (Phi) is 6.54. The summed E-state index contributed by atoms with van der Waals surface area (Å²) in [6.45, 7) is 5.85. The standard InChI is InChI=1S/C18H25FN4O3/c19-15-4-2-1-3-14(15)17(24)21-5-7-22-8-10-23(11-9-22)18(25)16-13-20-6-12-26-16/h1-4,16,20H,5-13H2,(H,21,24). The van der Waals surface area contributed by atoms with Gasteiger partial charge in [-0.25, -0.2) is 4.39 Å². The Balaban J connectivity index is 1.37. The van der Waals surface area contributed by atoms with Gasteiger partial charge in [-0.3, -0.25) is 14.5 Å². The first-order chi connectivity index (χ1) is 12.6. The van der Waals surface area contributed by atoms with Gasteiger partial charge in [-0.15, -0.1) is 0 Å². The number of carbonyl (C=O) groups excluding carboxylic acids is 2. The lowest BCUT2D eigenvalue weighted by Crippen LogP contribution is -2.55. The van der Waals surface area contributed by atoms with Crippen molar-refractivity contribution in [3.05, 3.63) is 35.6 Å². The molecule has 2 saturated heterocycles. The zero-order valence-corrected chi connectivity index (χ0v) is 14.7. The topological polar surface area (TPSA) is 73.9 Å². The van der Waals surface area contributed by atoms with Crippen LogP contribution in [0.5, 0.6) is 0 Å². The van der Waals surface area contributed by atoms with Crippen LogP contribution >= 0.6 is 0 Å². The molecule has 7 nitrogen and oxygen atoms in total. The monoisotopic (exact) mass is 364 g/mol. The van der Waals surface area contributed by atoms with Crippen LogP contribution in [0.1, 0.15) is 10.4 Å². The highest BCUT2D eigenvalue weighted by Gasteiger charge is 2.29. The average Bonchev–Trinajstić information content (AvgIpc) is 2.69. The molecule has 2 aliphatic heterocycles. The SMILES string of the molecule is O=C(NCCN1CCN(C(=O)C2CNCCO2)CC1)c1ccccc1F. The minimum atomic E-state index is -0.517. The highest BCUT2D eigenvalue weighted by Crippen LogP contribution is 2.08. The van der Waals surface area contributed by atoms with E-state index in [-0.39, 0.29) is 17.6 Å². The van der Waals surface area contributed by atoms with Gasteiger partial charge < -0.3 is 20.3 Å². The van der Waals surface area contributed by atoms with Gasteiger partial charge >= 0.3 is 0 Å². The van der Waals surface area contributed by atoms with E-state index < -0.39 is 11.7 Å². The molecule has 0 aliphatic carbocycles. The second-order valence-electron chi connectivity index (χ2n) is 6.47. The Labute approximate surface area is 152 Å². The van der Waals surface area contributed by atoms with Crippen LogP contribution in [0.3, 0.4) is 0 Å². The number of amides is 2. The number of rotatable bonds is 5. The fourth-order valence-corrected chi connectivity index (χ4v) is 3.19. The van der Waals surface area contributed by atoms with Gasteiger partial charge in [0.25, 0.3) is 11.8 Å². The molecule has 26 heavy (non-hydrogen) atoms. The number of hydrogen-bond acceptors (Lipinski definition) is 5. The van der Waals surface area contributed by atoms with Crippen LogP contribution in [0, 0.1) is 5.82 Å². The number of carbonyl (C=O) groups is 2. The molecule has 142 valence electrons. The number of piperazine rings is 1. The molecule has 0 bridgehead atoms. The third-order valence-electron chi connectivity index (χ3n) is 4.72. The highest BCUT2D eigenvalue weighted by atomic mass is 19.1. The first-order valence-corrected chi connectivity index (χ1v) is 9.01. The first-order valence-electron chi connectivity index (χ1n) is 9.01. The van der Waals surface area contributed by atoms with E-state index in [0.717, 1.165) is 19.6 Å². The van der Waals surface area contributed by atoms with Crippen LogP contribution in [-0.2, 0) is 9.53 Å². The van der Waals surface area contributed by atoms with Crippen LogP contribution in [0.4, 0.5) is 4.39 Å². The zero-order chi connectivity index (χ0) is 18.4. The fraction of sp³-hybridized carbons (Fsp3) is 0.556. The Morgan fingerprint density at radius 2 is 2.00 bits per heavy atom. The van der Waals surface area contributed by atoms with Gasteiger partial charge in [-0.2, -0.15) is 0 Å². The number of morpholine rings is 1. The van der Waals surface area contributed by atoms with Gasteiger partial charge in [0.2, 0.25) is 0 Å². The van der Waals surface area contributed by atoms with Gasteiger partial charge in [-0.05, 0) is 12.1 Å². The maximum absolute atomic E-state index is 13.6.